The number of thiazole rings is 1. The number of benzene rings is 1. The van der Waals surface area contributed by atoms with Crippen LogP contribution in [0.3, 0.4) is 0 Å². The van der Waals surface area contributed by atoms with Gasteiger partial charge in [0, 0.05) is 61.4 Å². The molecule has 0 amide bonds. The van der Waals surface area contributed by atoms with Gasteiger partial charge >= 0.3 is 0 Å². The number of hydrogen-bond donors (Lipinski definition) is 2. The van der Waals surface area contributed by atoms with E-state index in [1.807, 2.05) is 18.4 Å². The van der Waals surface area contributed by atoms with Crippen LogP contribution in [0, 0.1) is 42.4 Å². The van der Waals surface area contributed by atoms with Crippen LogP contribution in [0.15, 0.2) is 12.1 Å². The van der Waals surface area contributed by atoms with E-state index in [1.54, 1.807) is 25.2 Å². The Morgan fingerprint density at radius 1 is 1.24 bits per heavy atom. The molecule has 3 fully saturated rings. The van der Waals surface area contributed by atoms with Crippen molar-refractivity contribution in [1.82, 2.24) is 9.88 Å². The van der Waals surface area contributed by atoms with E-state index < -0.39 is 5.60 Å². The second-order valence-electron chi connectivity index (χ2n) is 11.3. The second kappa shape index (κ2) is 11.7. The zero-order chi connectivity index (χ0) is 23.6. The van der Waals surface area contributed by atoms with Crippen molar-refractivity contribution in [3.8, 4) is 0 Å². The van der Waals surface area contributed by atoms with Crippen molar-refractivity contribution in [2.24, 2.45) is 11.3 Å². The van der Waals surface area contributed by atoms with E-state index in [4.69, 9.17) is 10.7 Å². The van der Waals surface area contributed by atoms with Gasteiger partial charge in [-0.2, -0.15) is 6.42 Å². The number of nitrogen functional groups attached to an aromatic ring is 1. The fourth-order valence-corrected chi connectivity index (χ4v) is 7.42. The standard InChI is InChI=1S/C16H22N2OS.C11H18NO.U/c1-16(2,19)11-8-13-14(9-12(11)17)20-15(18-13)10-6-4-3-5-7-10;1-12-8-11(9-12)6-10(7-11)4-2-3-5-13;/h8-10,19H,3-7,17H2,1-2H3;10H,2-4,6-9H2,1H3;/q;-1;. The molecular weight excluding hydrogens is 668 g/mol. The summed E-state index contributed by atoms with van der Waals surface area (Å²) < 4.78 is 1.14. The molecule has 1 aromatic heterocycles. The van der Waals surface area contributed by atoms with Crippen LogP contribution in [-0.2, 0) is 10.4 Å². The molecule has 2 aromatic rings. The first-order valence-electron chi connectivity index (χ1n) is 12.7. The summed E-state index contributed by atoms with van der Waals surface area (Å²) in [6, 6.07) is 3.92. The van der Waals surface area contributed by atoms with Crippen molar-refractivity contribution in [1.29, 1.82) is 0 Å². The normalized spacial score (nSPS) is 20.7. The molecule has 0 radical (unpaired) electrons. The first-order valence-corrected chi connectivity index (χ1v) is 13.5. The Morgan fingerprint density at radius 2 is 1.91 bits per heavy atom. The SMILES string of the molecule is CC(C)(O)c1cc2nc(C3CCCCC3)sc2cc1N.CN1CC2(CC(CCC[C-]=O)C2)C1.[U]. The number of aliphatic hydroxyl groups is 1. The topological polar surface area (TPSA) is 79.5 Å². The molecule has 5 rings (SSSR count). The molecule has 1 aliphatic heterocycles. The third kappa shape index (κ3) is 6.65. The third-order valence-electron chi connectivity index (χ3n) is 7.74. The number of carbonyl (C=O) groups excluding carboxylic acids is 1. The van der Waals surface area contributed by atoms with E-state index in [2.05, 4.69) is 11.9 Å². The zero-order valence-electron chi connectivity index (χ0n) is 21.0. The Balaban J connectivity index is 0.000000201. The maximum absolute atomic E-state index is 10.2. The van der Waals surface area contributed by atoms with Gasteiger partial charge in [-0.3, -0.25) is 6.29 Å². The fraction of sp³-hybridized carbons (Fsp3) is 0.704. The summed E-state index contributed by atoms with van der Waals surface area (Å²) in [7, 11) is 2.19. The van der Waals surface area contributed by atoms with Gasteiger partial charge in [-0.05, 0) is 70.0 Å². The Kier molecular flexibility index (Phi) is 9.71. The molecule has 0 bridgehead atoms. The molecule has 1 saturated heterocycles. The van der Waals surface area contributed by atoms with Gasteiger partial charge in [0.25, 0.3) is 0 Å². The summed E-state index contributed by atoms with van der Waals surface area (Å²) in [5.41, 5.74) is 8.27. The first-order chi connectivity index (χ1) is 15.7. The van der Waals surface area contributed by atoms with E-state index in [0.717, 1.165) is 28.1 Å². The minimum Gasteiger partial charge on any atom is -0.542 e. The minimum atomic E-state index is -0.924. The quantitative estimate of drug-likeness (QED) is 0.227. The Hall–Kier alpha value is -0.448. The van der Waals surface area contributed by atoms with Crippen LogP contribution in [0.5, 0.6) is 0 Å². The largest absolute Gasteiger partial charge is 0.542 e. The summed E-state index contributed by atoms with van der Waals surface area (Å²) in [5.74, 6) is 1.54. The van der Waals surface area contributed by atoms with Gasteiger partial charge in [0.2, 0.25) is 0 Å². The van der Waals surface area contributed by atoms with E-state index in [-0.39, 0.29) is 31.1 Å². The molecule has 3 aliphatic rings. The molecule has 3 N–H and O–H groups in total. The van der Waals surface area contributed by atoms with Gasteiger partial charge in [0.15, 0.2) is 0 Å². The fourth-order valence-electron chi connectivity index (χ4n) is 6.25. The van der Waals surface area contributed by atoms with Crippen molar-refractivity contribution < 1.29 is 41.0 Å². The number of unbranched alkanes of at least 4 members (excludes halogenated alkanes) is 1. The van der Waals surface area contributed by atoms with Crippen LogP contribution < -0.4 is 5.73 Å². The van der Waals surface area contributed by atoms with Crippen molar-refractivity contribution >= 4 is 33.5 Å². The van der Waals surface area contributed by atoms with E-state index >= 15 is 0 Å². The van der Waals surface area contributed by atoms with E-state index in [9.17, 15) is 9.90 Å². The molecule has 7 heteroatoms. The molecule has 0 unspecified atom stereocenters. The molecular formula is C27H40N3O2SU-. The van der Waals surface area contributed by atoms with Crippen LogP contribution in [0.2, 0.25) is 0 Å². The Morgan fingerprint density at radius 3 is 2.50 bits per heavy atom. The number of hydrogen-bond acceptors (Lipinski definition) is 6. The predicted molar refractivity (Wildman–Crippen MR) is 137 cm³/mol. The van der Waals surface area contributed by atoms with Gasteiger partial charge < -0.3 is 20.5 Å². The van der Waals surface area contributed by atoms with Crippen molar-refractivity contribution in [3.05, 3.63) is 22.7 Å². The van der Waals surface area contributed by atoms with Gasteiger partial charge in [-0.1, -0.05) is 32.1 Å². The van der Waals surface area contributed by atoms with E-state index in [1.165, 1.54) is 69.5 Å². The van der Waals surface area contributed by atoms with Crippen LogP contribution in [-0.4, -0.2) is 41.4 Å². The Bertz CT molecular complexity index is 951. The van der Waals surface area contributed by atoms with Gasteiger partial charge in [-0.25, -0.2) is 4.98 Å². The molecule has 1 spiro atoms. The predicted octanol–water partition coefficient (Wildman–Crippen LogP) is 5.76. The molecule has 5 nitrogen and oxygen atoms in total. The molecule has 2 heterocycles. The maximum Gasteiger partial charge on any atom is 0.0969 e. The van der Waals surface area contributed by atoms with Gasteiger partial charge in [0.05, 0.1) is 20.8 Å². The summed E-state index contributed by atoms with van der Waals surface area (Å²) in [5, 5.41) is 11.4. The summed E-state index contributed by atoms with van der Waals surface area (Å²) in [6.07, 6.45) is 14.3. The number of nitrogens with two attached hydrogens (primary N) is 1. The number of aromatic nitrogens is 1. The minimum absolute atomic E-state index is 0. The average Bonchev–Trinajstić information content (AvgIpc) is 3.14. The van der Waals surface area contributed by atoms with Crippen LogP contribution in [0.25, 0.3) is 10.2 Å². The third-order valence-corrected chi connectivity index (χ3v) is 8.92. The molecule has 0 atom stereocenters. The molecule has 1 aromatic carbocycles. The zero-order valence-corrected chi connectivity index (χ0v) is 26.0. The number of likely N-dealkylation sites (tertiary alicyclic amines) is 1. The number of nitrogens with zero attached hydrogens (tertiary/aromatic N) is 2. The molecule has 186 valence electrons. The second-order valence-corrected chi connectivity index (χ2v) is 12.4. The van der Waals surface area contributed by atoms with Crippen LogP contribution in [0.4, 0.5) is 5.69 Å². The summed E-state index contributed by atoms with van der Waals surface area (Å²) in [6.45, 7) is 6.14. The van der Waals surface area contributed by atoms with Gasteiger partial charge in [-0.15, -0.1) is 11.3 Å². The Labute approximate surface area is 232 Å². The van der Waals surface area contributed by atoms with Crippen molar-refractivity contribution in [2.45, 2.75) is 89.6 Å². The average molecular weight is 709 g/mol. The van der Waals surface area contributed by atoms with Crippen LogP contribution in [0.1, 0.15) is 94.5 Å². The van der Waals surface area contributed by atoms with Gasteiger partial charge in [0.1, 0.15) is 0 Å². The monoisotopic (exact) mass is 708 g/mol. The summed E-state index contributed by atoms with van der Waals surface area (Å²) in [4.78, 5) is 17.2. The maximum atomic E-state index is 10.2. The molecule has 2 saturated carbocycles. The number of fused-ring (bicyclic) bond motifs is 1. The van der Waals surface area contributed by atoms with Crippen LogP contribution >= 0.6 is 11.3 Å². The number of anilines is 1. The van der Waals surface area contributed by atoms with Crippen molar-refractivity contribution in [2.75, 3.05) is 25.9 Å². The summed E-state index contributed by atoms with van der Waals surface area (Å²) >= 11 is 1.76. The first kappa shape index (κ1) is 28.1. The smallest absolute Gasteiger partial charge is 0.0969 e. The van der Waals surface area contributed by atoms with Crippen molar-refractivity contribution in [3.63, 3.8) is 0 Å². The number of rotatable bonds is 6. The molecule has 34 heavy (non-hydrogen) atoms. The molecule has 2 aliphatic carbocycles. The van der Waals surface area contributed by atoms with E-state index in [0.29, 0.717) is 23.4 Å².